The molecule has 3 aromatic rings. The number of rotatable bonds is 3. The van der Waals surface area contributed by atoms with Crippen molar-refractivity contribution in [3.63, 3.8) is 0 Å². The minimum Gasteiger partial charge on any atom is -0.316 e. The molecule has 0 aliphatic carbocycles. The molecule has 130 valence electrons. The third-order valence-electron chi connectivity index (χ3n) is 4.63. The number of pyridine rings is 1. The Bertz CT molecular complexity index is 1030. The summed E-state index contributed by atoms with van der Waals surface area (Å²) in [5, 5.41) is 0. The fraction of sp³-hybridized carbons (Fsp3) is 0.294. The highest BCUT2D eigenvalue weighted by Crippen LogP contribution is 2.31. The van der Waals surface area contributed by atoms with Crippen LogP contribution in [-0.4, -0.2) is 40.3 Å². The number of aromatic nitrogens is 3. The average Bonchev–Trinajstić information content (AvgIpc) is 3.21. The second-order valence-electron chi connectivity index (χ2n) is 6.18. The van der Waals surface area contributed by atoms with Crippen molar-refractivity contribution < 1.29 is 12.8 Å². The van der Waals surface area contributed by atoms with E-state index in [-0.39, 0.29) is 10.8 Å². The summed E-state index contributed by atoms with van der Waals surface area (Å²) in [6.45, 7) is 0.776. The van der Waals surface area contributed by atoms with Gasteiger partial charge in [0.1, 0.15) is 17.2 Å². The van der Waals surface area contributed by atoms with E-state index >= 15 is 0 Å². The van der Waals surface area contributed by atoms with Crippen molar-refractivity contribution in [1.29, 1.82) is 0 Å². The zero-order valence-corrected chi connectivity index (χ0v) is 14.4. The minimum atomic E-state index is -3.63. The van der Waals surface area contributed by atoms with E-state index in [0.717, 1.165) is 29.1 Å². The van der Waals surface area contributed by atoms with Gasteiger partial charge in [0.2, 0.25) is 10.0 Å². The first kappa shape index (κ1) is 16.2. The van der Waals surface area contributed by atoms with Crippen LogP contribution >= 0.6 is 0 Å². The van der Waals surface area contributed by atoms with Crippen LogP contribution in [-0.2, 0) is 17.1 Å². The molecule has 0 bridgehead atoms. The van der Waals surface area contributed by atoms with Crippen LogP contribution in [0.25, 0.3) is 11.2 Å². The van der Waals surface area contributed by atoms with Gasteiger partial charge in [-0.1, -0.05) is 0 Å². The Kier molecular flexibility index (Phi) is 3.81. The highest BCUT2D eigenvalue weighted by Gasteiger charge is 2.35. The number of benzene rings is 1. The molecular formula is C17H17FN4O2S. The van der Waals surface area contributed by atoms with Crippen LogP contribution in [0.3, 0.4) is 0 Å². The molecule has 0 spiro atoms. The van der Waals surface area contributed by atoms with Gasteiger partial charge in [-0.05, 0) is 42.8 Å². The monoisotopic (exact) mass is 360 g/mol. The van der Waals surface area contributed by atoms with Crippen LogP contribution in [0.4, 0.5) is 4.39 Å². The second-order valence-corrected chi connectivity index (χ2v) is 8.12. The van der Waals surface area contributed by atoms with Crippen LogP contribution < -0.4 is 0 Å². The van der Waals surface area contributed by atoms with Crippen molar-refractivity contribution in [2.75, 3.05) is 13.1 Å². The Morgan fingerprint density at radius 1 is 1.20 bits per heavy atom. The minimum absolute atomic E-state index is 0.00873. The fourth-order valence-electron chi connectivity index (χ4n) is 3.32. The number of nitrogens with zero attached hydrogens (tertiary/aromatic N) is 4. The number of halogens is 1. The van der Waals surface area contributed by atoms with Crippen molar-refractivity contribution in [3.05, 3.63) is 54.2 Å². The lowest BCUT2D eigenvalue weighted by Gasteiger charge is -2.16. The third kappa shape index (κ3) is 2.71. The Balaban J connectivity index is 1.62. The van der Waals surface area contributed by atoms with Crippen molar-refractivity contribution >= 4 is 21.2 Å². The molecule has 0 N–H and O–H groups in total. The van der Waals surface area contributed by atoms with Crippen LogP contribution in [0.2, 0.25) is 0 Å². The summed E-state index contributed by atoms with van der Waals surface area (Å²) in [4.78, 5) is 9.07. The van der Waals surface area contributed by atoms with E-state index in [9.17, 15) is 12.8 Å². The second kappa shape index (κ2) is 5.89. The predicted octanol–water partition coefficient (Wildman–Crippen LogP) is 2.29. The van der Waals surface area contributed by atoms with Crippen molar-refractivity contribution in [3.8, 4) is 0 Å². The van der Waals surface area contributed by atoms with E-state index in [2.05, 4.69) is 9.97 Å². The number of imidazole rings is 1. The molecule has 3 heterocycles. The number of hydrogen-bond donors (Lipinski definition) is 0. The zero-order chi connectivity index (χ0) is 17.6. The number of fused-ring (bicyclic) bond motifs is 1. The van der Waals surface area contributed by atoms with E-state index < -0.39 is 15.8 Å². The maximum Gasteiger partial charge on any atom is 0.243 e. The van der Waals surface area contributed by atoms with E-state index in [1.54, 1.807) is 6.20 Å². The summed E-state index contributed by atoms with van der Waals surface area (Å²) >= 11 is 0. The van der Waals surface area contributed by atoms with Gasteiger partial charge in [0.05, 0.1) is 4.90 Å². The summed E-state index contributed by atoms with van der Waals surface area (Å²) in [6, 6.07) is 8.66. The molecule has 0 saturated carbocycles. The van der Waals surface area contributed by atoms with E-state index in [0.29, 0.717) is 19.5 Å². The van der Waals surface area contributed by atoms with Crippen LogP contribution in [0.15, 0.2) is 47.5 Å². The van der Waals surface area contributed by atoms with Crippen LogP contribution in [0.5, 0.6) is 0 Å². The maximum absolute atomic E-state index is 13.1. The van der Waals surface area contributed by atoms with Crippen molar-refractivity contribution in [1.82, 2.24) is 18.8 Å². The summed E-state index contributed by atoms with van der Waals surface area (Å²) in [5.41, 5.74) is 1.59. The Labute approximate surface area is 145 Å². The Hall–Kier alpha value is -2.32. The van der Waals surface area contributed by atoms with Gasteiger partial charge in [0.25, 0.3) is 0 Å². The molecule has 1 atom stereocenters. The lowest BCUT2D eigenvalue weighted by molar-refractivity contribution is 0.470. The molecule has 1 aliphatic rings. The third-order valence-corrected chi connectivity index (χ3v) is 6.51. The molecule has 1 unspecified atom stereocenters. The lowest BCUT2D eigenvalue weighted by atomic mass is 10.1. The van der Waals surface area contributed by atoms with Gasteiger partial charge in [-0.3, -0.25) is 0 Å². The molecule has 8 heteroatoms. The number of hydrogen-bond acceptors (Lipinski definition) is 4. The van der Waals surface area contributed by atoms with Gasteiger partial charge in [0, 0.05) is 32.3 Å². The molecule has 0 amide bonds. The molecule has 25 heavy (non-hydrogen) atoms. The average molecular weight is 360 g/mol. The SMILES string of the molecule is Cn1c(C2CCN(S(=O)(=O)c3ccc(F)cc3)C2)nc2cccnc21. The van der Waals surface area contributed by atoms with Crippen LogP contribution in [0, 0.1) is 5.82 Å². The Morgan fingerprint density at radius 2 is 1.96 bits per heavy atom. The molecule has 1 aromatic carbocycles. The molecule has 0 radical (unpaired) electrons. The highest BCUT2D eigenvalue weighted by molar-refractivity contribution is 7.89. The first-order chi connectivity index (χ1) is 12.0. The van der Waals surface area contributed by atoms with Gasteiger partial charge in [-0.15, -0.1) is 0 Å². The van der Waals surface area contributed by atoms with Gasteiger partial charge >= 0.3 is 0 Å². The molecule has 1 aliphatic heterocycles. The molecule has 2 aromatic heterocycles. The van der Waals surface area contributed by atoms with Crippen molar-refractivity contribution in [2.24, 2.45) is 7.05 Å². The number of sulfonamides is 1. The summed E-state index contributed by atoms with van der Waals surface area (Å²) < 4.78 is 41.9. The normalized spacial score (nSPS) is 18.9. The Morgan fingerprint density at radius 3 is 2.68 bits per heavy atom. The van der Waals surface area contributed by atoms with Gasteiger partial charge in [-0.2, -0.15) is 4.31 Å². The molecule has 1 fully saturated rings. The van der Waals surface area contributed by atoms with Gasteiger partial charge < -0.3 is 4.57 Å². The summed E-state index contributed by atoms with van der Waals surface area (Å²) in [5.74, 6) is 0.394. The largest absolute Gasteiger partial charge is 0.316 e. The molecular weight excluding hydrogens is 343 g/mol. The zero-order valence-electron chi connectivity index (χ0n) is 13.6. The first-order valence-electron chi connectivity index (χ1n) is 8.00. The predicted molar refractivity (Wildman–Crippen MR) is 91.0 cm³/mol. The van der Waals surface area contributed by atoms with E-state index in [4.69, 9.17) is 0 Å². The molecule has 4 rings (SSSR count). The van der Waals surface area contributed by atoms with E-state index in [1.807, 2.05) is 23.7 Å². The summed E-state index contributed by atoms with van der Waals surface area (Å²) in [6.07, 6.45) is 2.41. The maximum atomic E-state index is 13.1. The summed E-state index contributed by atoms with van der Waals surface area (Å²) in [7, 11) is -1.73. The van der Waals surface area contributed by atoms with Gasteiger partial charge in [0.15, 0.2) is 5.65 Å². The first-order valence-corrected chi connectivity index (χ1v) is 9.44. The van der Waals surface area contributed by atoms with Gasteiger partial charge in [-0.25, -0.2) is 22.8 Å². The smallest absolute Gasteiger partial charge is 0.243 e. The van der Waals surface area contributed by atoms with Crippen LogP contribution in [0.1, 0.15) is 18.2 Å². The molecule has 6 nitrogen and oxygen atoms in total. The quantitative estimate of drug-likeness (QED) is 0.719. The number of aryl methyl sites for hydroxylation is 1. The highest BCUT2D eigenvalue weighted by atomic mass is 32.2. The van der Waals surface area contributed by atoms with E-state index in [1.165, 1.54) is 16.4 Å². The fourth-order valence-corrected chi connectivity index (χ4v) is 4.82. The topological polar surface area (TPSA) is 68.1 Å². The van der Waals surface area contributed by atoms with Crippen molar-refractivity contribution in [2.45, 2.75) is 17.2 Å². The lowest BCUT2D eigenvalue weighted by Crippen LogP contribution is -2.29. The molecule has 1 saturated heterocycles. The standard InChI is InChI=1S/C17H17FN4O2S/c1-21-16(20-15-3-2-9-19-17(15)21)12-8-10-22(11-12)25(23,24)14-6-4-13(18)5-7-14/h2-7,9,12H,8,10-11H2,1H3.